The molecule has 1 aliphatic rings. The van der Waals surface area contributed by atoms with Crippen molar-refractivity contribution in [3.8, 4) is 11.3 Å². The molecule has 94 valence electrons. The van der Waals surface area contributed by atoms with Crippen LogP contribution in [0.2, 0.25) is 0 Å². The molecule has 0 saturated carbocycles. The maximum Gasteiger partial charge on any atom is 0.126 e. The molecule has 1 aliphatic heterocycles. The highest BCUT2D eigenvalue weighted by Crippen LogP contribution is 2.29. The highest BCUT2D eigenvalue weighted by molar-refractivity contribution is 5.59. The molecule has 2 N–H and O–H groups in total. The lowest BCUT2D eigenvalue weighted by molar-refractivity contribution is 0.346. The van der Waals surface area contributed by atoms with Crippen LogP contribution in [0.5, 0.6) is 0 Å². The topological polar surface area (TPSA) is 43.8 Å². The van der Waals surface area contributed by atoms with Crippen molar-refractivity contribution < 1.29 is 0 Å². The second-order valence-corrected chi connectivity index (χ2v) is 5.45. The van der Waals surface area contributed by atoms with Crippen LogP contribution in [0, 0.1) is 12.8 Å². The predicted octanol–water partition coefficient (Wildman–Crippen LogP) is 2.90. The van der Waals surface area contributed by atoms with Gasteiger partial charge in [0.2, 0.25) is 0 Å². The molecule has 0 saturated heterocycles. The van der Waals surface area contributed by atoms with Gasteiger partial charge in [-0.25, -0.2) is 4.98 Å². The first-order chi connectivity index (χ1) is 8.63. The Morgan fingerprint density at radius 2 is 2.00 bits per heavy atom. The minimum absolute atomic E-state index is 0.0768. The summed E-state index contributed by atoms with van der Waals surface area (Å²) in [5.74, 6) is 1.66. The monoisotopic (exact) mass is 241 g/mol. The number of fused-ring (bicyclic) bond motifs is 1. The summed E-state index contributed by atoms with van der Waals surface area (Å²) in [4.78, 5) is 4.70. The molecule has 1 aromatic heterocycles. The Labute approximate surface area is 108 Å². The molecule has 1 aromatic carbocycles. The number of nitrogens with two attached hydrogens (primary N) is 1. The van der Waals surface area contributed by atoms with Crippen LogP contribution in [0.25, 0.3) is 11.3 Å². The van der Waals surface area contributed by atoms with Gasteiger partial charge in [-0.3, -0.25) is 0 Å². The van der Waals surface area contributed by atoms with Crippen LogP contribution in [0.3, 0.4) is 0 Å². The third-order valence-electron chi connectivity index (χ3n) is 3.65. The van der Waals surface area contributed by atoms with Gasteiger partial charge in [-0.1, -0.05) is 36.8 Å². The molecular weight excluding hydrogens is 222 g/mol. The van der Waals surface area contributed by atoms with Crippen molar-refractivity contribution >= 4 is 0 Å². The van der Waals surface area contributed by atoms with Crippen molar-refractivity contribution in [1.82, 2.24) is 9.55 Å². The van der Waals surface area contributed by atoms with Gasteiger partial charge in [0.25, 0.3) is 0 Å². The quantitative estimate of drug-likeness (QED) is 0.834. The van der Waals surface area contributed by atoms with E-state index in [1.807, 2.05) is 0 Å². The van der Waals surface area contributed by atoms with E-state index < -0.39 is 0 Å². The zero-order valence-electron chi connectivity index (χ0n) is 10.9. The van der Waals surface area contributed by atoms with Gasteiger partial charge in [-0.2, -0.15) is 0 Å². The van der Waals surface area contributed by atoms with Gasteiger partial charge in [0.05, 0.1) is 11.7 Å². The molecule has 3 rings (SSSR count). The number of nitrogens with zero attached hydrogens (tertiary/aromatic N) is 2. The molecule has 2 unspecified atom stereocenters. The maximum absolute atomic E-state index is 6.17. The van der Waals surface area contributed by atoms with E-state index in [1.165, 1.54) is 11.1 Å². The van der Waals surface area contributed by atoms with Gasteiger partial charge in [0.1, 0.15) is 5.82 Å². The Morgan fingerprint density at radius 3 is 2.72 bits per heavy atom. The average molecular weight is 241 g/mol. The third kappa shape index (κ3) is 1.95. The van der Waals surface area contributed by atoms with Crippen LogP contribution >= 0.6 is 0 Å². The molecule has 2 heterocycles. The van der Waals surface area contributed by atoms with E-state index in [0.717, 1.165) is 24.5 Å². The summed E-state index contributed by atoms with van der Waals surface area (Å²) in [6, 6.07) is 8.57. The van der Waals surface area contributed by atoms with Gasteiger partial charge in [0, 0.05) is 18.3 Å². The Bertz CT molecular complexity index is 554. The fourth-order valence-electron chi connectivity index (χ4n) is 2.69. The lowest BCUT2D eigenvalue weighted by atomic mass is 9.98. The zero-order valence-corrected chi connectivity index (χ0v) is 10.9. The summed E-state index contributed by atoms with van der Waals surface area (Å²) < 4.78 is 2.22. The van der Waals surface area contributed by atoms with E-state index >= 15 is 0 Å². The van der Waals surface area contributed by atoms with Crippen molar-refractivity contribution in [3.05, 3.63) is 41.9 Å². The van der Waals surface area contributed by atoms with E-state index in [1.54, 1.807) is 0 Å². The van der Waals surface area contributed by atoms with E-state index in [9.17, 15) is 0 Å². The van der Waals surface area contributed by atoms with Gasteiger partial charge >= 0.3 is 0 Å². The second kappa shape index (κ2) is 4.25. The maximum atomic E-state index is 6.17. The molecule has 0 amide bonds. The SMILES string of the molecule is Cc1ccc(-c2cn3c(n2)C(N)CC(C)C3)cc1. The van der Waals surface area contributed by atoms with Gasteiger partial charge in [0.15, 0.2) is 0 Å². The van der Waals surface area contributed by atoms with E-state index in [4.69, 9.17) is 10.7 Å². The predicted molar refractivity (Wildman–Crippen MR) is 73.1 cm³/mol. The number of hydrogen-bond acceptors (Lipinski definition) is 2. The molecule has 18 heavy (non-hydrogen) atoms. The number of aromatic nitrogens is 2. The van der Waals surface area contributed by atoms with Crippen molar-refractivity contribution in [1.29, 1.82) is 0 Å². The van der Waals surface area contributed by atoms with Crippen LogP contribution in [-0.2, 0) is 6.54 Å². The Morgan fingerprint density at radius 1 is 1.28 bits per heavy atom. The Balaban J connectivity index is 2.00. The summed E-state index contributed by atoms with van der Waals surface area (Å²) in [7, 11) is 0. The summed E-state index contributed by atoms with van der Waals surface area (Å²) in [6.07, 6.45) is 3.17. The fraction of sp³-hybridized carbons (Fsp3) is 0.400. The number of imidazole rings is 1. The molecule has 0 fully saturated rings. The first-order valence-electron chi connectivity index (χ1n) is 6.53. The summed E-state index contributed by atoms with van der Waals surface area (Å²) in [5, 5.41) is 0. The largest absolute Gasteiger partial charge is 0.333 e. The molecule has 3 nitrogen and oxygen atoms in total. The molecular formula is C15H19N3. The van der Waals surface area contributed by atoms with Crippen molar-refractivity contribution in [2.45, 2.75) is 32.9 Å². The highest BCUT2D eigenvalue weighted by Gasteiger charge is 2.24. The Hall–Kier alpha value is -1.61. The zero-order chi connectivity index (χ0) is 12.7. The number of aryl methyl sites for hydroxylation is 1. The Kier molecular flexibility index (Phi) is 2.71. The number of benzene rings is 1. The molecule has 2 aromatic rings. The van der Waals surface area contributed by atoms with Crippen molar-refractivity contribution in [2.24, 2.45) is 11.7 Å². The van der Waals surface area contributed by atoms with Crippen LogP contribution < -0.4 is 5.73 Å². The lowest BCUT2D eigenvalue weighted by Gasteiger charge is -2.25. The van der Waals surface area contributed by atoms with E-state index in [-0.39, 0.29) is 6.04 Å². The number of rotatable bonds is 1. The number of hydrogen-bond donors (Lipinski definition) is 1. The first kappa shape index (κ1) is 11.5. The molecule has 0 radical (unpaired) electrons. The van der Waals surface area contributed by atoms with Crippen LogP contribution in [0.15, 0.2) is 30.5 Å². The van der Waals surface area contributed by atoms with E-state index in [2.05, 4.69) is 48.9 Å². The van der Waals surface area contributed by atoms with Gasteiger partial charge in [-0.05, 0) is 19.3 Å². The molecule has 0 bridgehead atoms. The smallest absolute Gasteiger partial charge is 0.126 e. The lowest BCUT2D eigenvalue weighted by Crippen LogP contribution is -2.26. The standard InChI is InChI=1S/C15H19N3/c1-10-3-5-12(6-4-10)14-9-18-8-11(2)7-13(16)15(18)17-14/h3-6,9,11,13H,7-8,16H2,1-2H3. The average Bonchev–Trinajstić information content (AvgIpc) is 2.74. The molecule has 0 spiro atoms. The normalized spacial score (nSPS) is 22.8. The minimum Gasteiger partial charge on any atom is -0.333 e. The summed E-state index contributed by atoms with van der Waals surface area (Å²) in [6.45, 7) is 5.37. The second-order valence-electron chi connectivity index (χ2n) is 5.45. The first-order valence-corrected chi connectivity index (χ1v) is 6.53. The molecule has 2 atom stereocenters. The molecule has 0 aliphatic carbocycles. The van der Waals surface area contributed by atoms with E-state index in [0.29, 0.717) is 5.92 Å². The van der Waals surface area contributed by atoms with Crippen LogP contribution in [0.4, 0.5) is 0 Å². The minimum atomic E-state index is 0.0768. The van der Waals surface area contributed by atoms with Crippen molar-refractivity contribution in [3.63, 3.8) is 0 Å². The highest BCUT2D eigenvalue weighted by atomic mass is 15.1. The van der Waals surface area contributed by atoms with Crippen molar-refractivity contribution in [2.75, 3.05) is 0 Å². The molecule has 3 heteroatoms. The summed E-state index contributed by atoms with van der Waals surface area (Å²) >= 11 is 0. The van der Waals surface area contributed by atoms with Gasteiger partial charge < -0.3 is 10.3 Å². The van der Waals surface area contributed by atoms with Crippen LogP contribution in [-0.4, -0.2) is 9.55 Å². The fourth-order valence-corrected chi connectivity index (χ4v) is 2.69. The third-order valence-corrected chi connectivity index (χ3v) is 3.65. The van der Waals surface area contributed by atoms with Crippen LogP contribution in [0.1, 0.15) is 30.8 Å². The van der Waals surface area contributed by atoms with Gasteiger partial charge in [-0.15, -0.1) is 0 Å². The summed E-state index contributed by atoms with van der Waals surface area (Å²) in [5.41, 5.74) is 9.65.